The van der Waals surface area contributed by atoms with Crippen LogP contribution in [-0.2, 0) is 28.9 Å². The molecule has 1 rings (SSSR count). The molecule has 14 heteroatoms. The second-order valence-corrected chi connectivity index (χ2v) is 13.0. The molecule has 0 spiro atoms. The van der Waals surface area contributed by atoms with Crippen molar-refractivity contribution in [1.29, 1.82) is 0 Å². The number of nitrogens with one attached hydrogen (secondary N) is 1. The maximum atomic E-state index is 12.8. The van der Waals surface area contributed by atoms with Crippen LogP contribution >= 0.6 is 0 Å². The van der Waals surface area contributed by atoms with Gasteiger partial charge in [-0.3, -0.25) is 9.35 Å². The fourth-order valence-corrected chi connectivity index (χ4v) is 5.61. The van der Waals surface area contributed by atoms with Crippen molar-refractivity contribution < 1.29 is 57.0 Å². The van der Waals surface area contributed by atoms with Crippen LogP contribution in [0.1, 0.15) is 110 Å². The van der Waals surface area contributed by atoms with Crippen molar-refractivity contribution in [3.05, 3.63) is 24.3 Å². The third-order valence-electron chi connectivity index (χ3n) is 7.90. The Hall–Kier alpha value is -1.46. The fourth-order valence-electron chi connectivity index (χ4n) is 5.10. The average molecular weight is 682 g/mol. The molecule has 1 fully saturated rings. The number of ether oxygens (including phenoxy) is 2. The standard InChI is InChI=1S/C32H59NO12S/c1-3-5-7-8-9-10-11-12-13-14-15-16-17-19-21-26(36)31(39)33-24(25(35)20-18-6-4-2)23-43-32-29(38)30(45-46(40,41)42)28(37)27(22-34)44-32/h9-12,24-30,32,34-38H,3-8,13-23H2,1-2H3,(H,33,39)(H,40,41,42)/b10-9-,12-11-. The maximum Gasteiger partial charge on any atom is 0.397 e. The molecule has 0 bridgehead atoms. The molecule has 8 atom stereocenters. The van der Waals surface area contributed by atoms with Crippen LogP contribution in [0.4, 0.5) is 0 Å². The maximum absolute atomic E-state index is 12.8. The number of aliphatic hydroxyl groups is 5. The molecule has 8 unspecified atom stereocenters. The molecule has 0 aromatic heterocycles. The molecule has 0 radical (unpaired) electrons. The van der Waals surface area contributed by atoms with E-state index in [1.807, 2.05) is 6.92 Å². The minimum atomic E-state index is -5.09. The van der Waals surface area contributed by atoms with Gasteiger partial charge < -0.3 is 40.3 Å². The zero-order valence-electron chi connectivity index (χ0n) is 27.5. The Bertz CT molecular complexity index is 963. The molecule has 0 aromatic carbocycles. The molecular formula is C32H59NO12S. The Morgan fingerprint density at radius 1 is 0.870 bits per heavy atom. The highest BCUT2D eigenvalue weighted by Gasteiger charge is 2.48. The summed E-state index contributed by atoms with van der Waals surface area (Å²) < 4.78 is 46.8. The summed E-state index contributed by atoms with van der Waals surface area (Å²) >= 11 is 0. The number of unbranched alkanes of at least 4 members (excludes halogenated alkanes) is 10. The van der Waals surface area contributed by atoms with Crippen molar-refractivity contribution in [2.45, 2.75) is 159 Å². The summed E-state index contributed by atoms with van der Waals surface area (Å²) in [5.41, 5.74) is 0. The first-order chi connectivity index (χ1) is 21.9. The van der Waals surface area contributed by atoms with Crippen LogP contribution in [0.5, 0.6) is 0 Å². The zero-order valence-corrected chi connectivity index (χ0v) is 28.3. The number of hydrogen-bond acceptors (Lipinski definition) is 11. The molecular weight excluding hydrogens is 622 g/mol. The summed E-state index contributed by atoms with van der Waals surface area (Å²) in [5, 5.41) is 54.2. The van der Waals surface area contributed by atoms with E-state index in [9.17, 15) is 38.7 Å². The molecule has 0 aliphatic carbocycles. The largest absolute Gasteiger partial charge is 0.397 e. The number of hydrogen-bond donors (Lipinski definition) is 7. The van der Waals surface area contributed by atoms with E-state index in [2.05, 4.69) is 40.7 Å². The normalized spacial score (nSPS) is 24.4. The molecule has 13 nitrogen and oxygen atoms in total. The third-order valence-corrected chi connectivity index (χ3v) is 8.36. The van der Waals surface area contributed by atoms with Gasteiger partial charge in [-0.05, 0) is 38.5 Å². The van der Waals surface area contributed by atoms with Crippen LogP contribution < -0.4 is 5.32 Å². The van der Waals surface area contributed by atoms with E-state index in [1.54, 1.807) is 0 Å². The summed E-state index contributed by atoms with van der Waals surface area (Å²) in [6.45, 7) is 2.97. The molecule has 270 valence electrons. The van der Waals surface area contributed by atoms with Gasteiger partial charge in [0.1, 0.15) is 30.5 Å². The van der Waals surface area contributed by atoms with Gasteiger partial charge in [0.05, 0.1) is 25.4 Å². The molecule has 0 aromatic rings. The van der Waals surface area contributed by atoms with E-state index in [0.717, 1.165) is 51.4 Å². The van der Waals surface area contributed by atoms with Gasteiger partial charge in [0, 0.05) is 0 Å². The van der Waals surface area contributed by atoms with Gasteiger partial charge in [0.25, 0.3) is 0 Å². The summed E-state index contributed by atoms with van der Waals surface area (Å²) in [5.74, 6) is -0.697. The first-order valence-electron chi connectivity index (χ1n) is 16.8. The van der Waals surface area contributed by atoms with Gasteiger partial charge in [-0.1, -0.05) is 95.9 Å². The van der Waals surface area contributed by atoms with Crippen LogP contribution in [0.25, 0.3) is 0 Å². The van der Waals surface area contributed by atoms with E-state index in [-0.39, 0.29) is 6.42 Å². The lowest BCUT2D eigenvalue weighted by molar-refractivity contribution is -0.298. The summed E-state index contributed by atoms with van der Waals surface area (Å²) in [4.78, 5) is 12.8. The first kappa shape index (κ1) is 42.6. The van der Waals surface area contributed by atoms with E-state index in [4.69, 9.17) is 14.0 Å². The minimum Gasteiger partial charge on any atom is -0.394 e. The molecule has 1 aliphatic heterocycles. The number of amides is 1. The monoisotopic (exact) mass is 681 g/mol. The molecule has 46 heavy (non-hydrogen) atoms. The molecule has 1 aliphatic rings. The Labute approximate surface area is 275 Å². The van der Waals surface area contributed by atoms with Crippen molar-refractivity contribution >= 4 is 16.3 Å². The minimum absolute atomic E-state index is 0.239. The van der Waals surface area contributed by atoms with Gasteiger partial charge >= 0.3 is 10.4 Å². The van der Waals surface area contributed by atoms with Crippen molar-refractivity contribution in [2.24, 2.45) is 0 Å². The number of allylic oxidation sites excluding steroid dienone is 4. The predicted molar refractivity (Wildman–Crippen MR) is 173 cm³/mol. The van der Waals surface area contributed by atoms with Crippen molar-refractivity contribution in [3.8, 4) is 0 Å². The lowest BCUT2D eigenvalue weighted by Gasteiger charge is -2.41. The fraction of sp³-hybridized carbons (Fsp3) is 0.844. The first-order valence-corrected chi connectivity index (χ1v) is 18.2. The second-order valence-electron chi connectivity index (χ2n) is 11.9. The molecule has 7 N–H and O–H groups in total. The summed E-state index contributed by atoms with van der Waals surface area (Å²) in [7, 11) is -5.09. The van der Waals surface area contributed by atoms with Crippen molar-refractivity contribution in [3.63, 3.8) is 0 Å². The lowest BCUT2D eigenvalue weighted by atomic mass is 9.99. The van der Waals surface area contributed by atoms with Crippen LogP contribution in [0, 0.1) is 0 Å². The zero-order chi connectivity index (χ0) is 34.4. The van der Waals surface area contributed by atoms with Gasteiger partial charge in [0.15, 0.2) is 6.29 Å². The predicted octanol–water partition coefficient (Wildman–Crippen LogP) is 2.84. The Morgan fingerprint density at radius 3 is 2.04 bits per heavy atom. The summed E-state index contributed by atoms with van der Waals surface area (Å²) in [6.07, 6.45) is 10.8. The van der Waals surface area contributed by atoms with Gasteiger partial charge in [-0.25, -0.2) is 4.18 Å². The van der Waals surface area contributed by atoms with E-state index in [1.165, 1.54) is 19.3 Å². The van der Waals surface area contributed by atoms with E-state index < -0.39 is 78.5 Å². The Balaban J connectivity index is 2.58. The van der Waals surface area contributed by atoms with Gasteiger partial charge in [-0.15, -0.1) is 0 Å². The highest BCUT2D eigenvalue weighted by molar-refractivity contribution is 7.80. The van der Waals surface area contributed by atoms with E-state index >= 15 is 0 Å². The Morgan fingerprint density at radius 2 is 1.43 bits per heavy atom. The second kappa shape index (κ2) is 24.6. The number of carbonyl (C=O) groups excluding carboxylic acids is 1. The third kappa shape index (κ3) is 18.2. The molecule has 1 saturated heterocycles. The smallest absolute Gasteiger partial charge is 0.394 e. The topological polar surface area (TPSA) is 212 Å². The van der Waals surface area contributed by atoms with Crippen molar-refractivity contribution in [1.82, 2.24) is 5.32 Å². The number of carbonyl (C=O) groups is 1. The average Bonchev–Trinajstić information content (AvgIpc) is 3.01. The number of rotatable bonds is 26. The van der Waals surface area contributed by atoms with Crippen LogP contribution in [0.2, 0.25) is 0 Å². The highest BCUT2D eigenvalue weighted by Crippen LogP contribution is 2.26. The molecule has 0 saturated carbocycles. The summed E-state index contributed by atoms with van der Waals surface area (Å²) in [6, 6.07) is -1.03. The number of aliphatic hydroxyl groups excluding tert-OH is 5. The van der Waals surface area contributed by atoms with Gasteiger partial charge in [-0.2, -0.15) is 8.42 Å². The van der Waals surface area contributed by atoms with Crippen LogP contribution in [0.3, 0.4) is 0 Å². The van der Waals surface area contributed by atoms with Crippen molar-refractivity contribution in [2.75, 3.05) is 13.2 Å². The molecule has 1 heterocycles. The van der Waals surface area contributed by atoms with E-state index in [0.29, 0.717) is 19.3 Å². The van der Waals surface area contributed by atoms with Crippen LogP contribution in [-0.4, -0.2) is 107 Å². The Kier molecular flexibility index (Phi) is 22.8. The SMILES string of the molecule is CCCCC/C=C\C=C/CCCCCCCC(O)C(=O)NC(COC1OC(CO)C(O)C(OS(=O)(=O)O)C1O)C(O)CCCCC. The lowest BCUT2D eigenvalue weighted by Crippen LogP contribution is -2.61. The van der Waals surface area contributed by atoms with Gasteiger partial charge in [0.2, 0.25) is 5.91 Å². The molecule has 1 amide bonds. The highest BCUT2D eigenvalue weighted by atomic mass is 32.3. The quantitative estimate of drug-likeness (QED) is 0.0399. The van der Waals surface area contributed by atoms with Crippen LogP contribution in [0.15, 0.2) is 24.3 Å².